The molecule has 0 unspecified atom stereocenters. The maximum atomic E-state index is 10.4. The molecule has 0 bridgehead atoms. The lowest BCUT2D eigenvalue weighted by atomic mass is 9.61. The molecule has 1 saturated carbocycles. The highest BCUT2D eigenvalue weighted by Crippen LogP contribution is 2.46. The first-order valence-electron chi connectivity index (χ1n) is 6.55. The summed E-state index contributed by atoms with van der Waals surface area (Å²) < 4.78 is 5.80. The van der Waals surface area contributed by atoms with Gasteiger partial charge in [0.1, 0.15) is 0 Å². The minimum atomic E-state index is -0.664. The Balaban J connectivity index is 1.80. The van der Waals surface area contributed by atoms with E-state index in [-0.39, 0.29) is 11.5 Å². The zero-order valence-corrected chi connectivity index (χ0v) is 11.2. The highest BCUT2D eigenvalue weighted by Gasteiger charge is 2.52. The second-order valence-corrected chi connectivity index (χ2v) is 5.95. The lowest BCUT2D eigenvalue weighted by Gasteiger charge is -2.52. The molecule has 0 spiro atoms. The Morgan fingerprint density at radius 2 is 1.94 bits per heavy atom. The zero-order chi connectivity index (χ0) is 13.2. The second-order valence-electron chi connectivity index (χ2n) is 5.95. The fraction of sp³-hybridized carbons (Fsp3) is 0.600. The summed E-state index contributed by atoms with van der Waals surface area (Å²) in [6, 6.07) is 10.1. The van der Waals surface area contributed by atoms with E-state index in [1.807, 2.05) is 32.0 Å². The molecule has 0 saturated heterocycles. The SMILES string of the molecule is CC(C)(CN)C1(O)CC(OCc2ccccc2)C1. The van der Waals surface area contributed by atoms with Gasteiger partial charge in [-0.15, -0.1) is 0 Å². The first-order valence-corrected chi connectivity index (χ1v) is 6.55. The van der Waals surface area contributed by atoms with Gasteiger partial charge in [0, 0.05) is 24.8 Å². The van der Waals surface area contributed by atoms with Crippen LogP contribution in [0.2, 0.25) is 0 Å². The Kier molecular flexibility index (Phi) is 3.76. The minimum absolute atomic E-state index is 0.154. The first kappa shape index (κ1) is 13.5. The van der Waals surface area contributed by atoms with E-state index in [9.17, 15) is 5.11 Å². The van der Waals surface area contributed by atoms with Crippen LogP contribution in [0.25, 0.3) is 0 Å². The molecule has 0 amide bonds. The van der Waals surface area contributed by atoms with Crippen LogP contribution < -0.4 is 5.73 Å². The summed E-state index contributed by atoms with van der Waals surface area (Å²) in [5.41, 5.74) is 5.98. The van der Waals surface area contributed by atoms with E-state index in [0.29, 0.717) is 26.0 Å². The lowest BCUT2D eigenvalue weighted by Crippen LogP contribution is -2.59. The topological polar surface area (TPSA) is 55.5 Å². The van der Waals surface area contributed by atoms with Crippen LogP contribution in [-0.4, -0.2) is 23.4 Å². The summed E-state index contributed by atoms with van der Waals surface area (Å²) >= 11 is 0. The van der Waals surface area contributed by atoms with Crippen molar-refractivity contribution in [1.29, 1.82) is 0 Å². The third kappa shape index (κ3) is 2.58. The van der Waals surface area contributed by atoms with E-state index in [0.717, 1.165) is 0 Å². The van der Waals surface area contributed by atoms with Crippen LogP contribution >= 0.6 is 0 Å². The number of nitrogens with two attached hydrogens (primary N) is 1. The third-order valence-corrected chi connectivity index (χ3v) is 4.23. The van der Waals surface area contributed by atoms with E-state index in [1.165, 1.54) is 5.56 Å². The molecule has 3 nitrogen and oxygen atoms in total. The Morgan fingerprint density at radius 3 is 2.50 bits per heavy atom. The third-order valence-electron chi connectivity index (χ3n) is 4.23. The summed E-state index contributed by atoms with van der Waals surface area (Å²) in [6.45, 7) is 5.14. The van der Waals surface area contributed by atoms with Crippen molar-refractivity contribution in [2.45, 2.75) is 45.0 Å². The van der Waals surface area contributed by atoms with Gasteiger partial charge in [-0.3, -0.25) is 0 Å². The number of aliphatic hydroxyl groups is 1. The minimum Gasteiger partial charge on any atom is -0.389 e. The van der Waals surface area contributed by atoms with Crippen LogP contribution in [0.4, 0.5) is 0 Å². The monoisotopic (exact) mass is 249 g/mol. The number of ether oxygens (including phenoxy) is 1. The van der Waals surface area contributed by atoms with E-state index in [1.54, 1.807) is 0 Å². The first-order chi connectivity index (χ1) is 8.47. The van der Waals surface area contributed by atoms with Crippen molar-refractivity contribution in [3.05, 3.63) is 35.9 Å². The molecular formula is C15H23NO2. The highest BCUT2D eigenvalue weighted by molar-refractivity contribution is 5.14. The van der Waals surface area contributed by atoms with Gasteiger partial charge >= 0.3 is 0 Å². The number of hydrogen-bond donors (Lipinski definition) is 2. The number of hydrogen-bond acceptors (Lipinski definition) is 3. The smallest absolute Gasteiger partial charge is 0.0759 e. The van der Waals surface area contributed by atoms with Gasteiger partial charge in [-0.1, -0.05) is 44.2 Å². The van der Waals surface area contributed by atoms with Gasteiger partial charge in [0.05, 0.1) is 18.3 Å². The molecule has 1 aromatic rings. The van der Waals surface area contributed by atoms with E-state index < -0.39 is 5.60 Å². The van der Waals surface area contributed by atoms with Gasteiger partial charge in [0.2, 0.25) is 0 Å². The lowest BCUT2D eigenvalue weighted by molar-refractivity contribution is -0.194. The molecule has 0 aromatic heterocycles. The Hall–Kier alpha value is -0.900. The molecular weight excluding hydrogens is 226 g/mol. The zero-order valence-electron chi connectivity index (χ0n) is 11.2. The fourth-order valence-electron chi connectivity index (χ4n) is 2.34. The van der Waals surface area contributed by atoms with Gasteiger partial charge < -0.3 is 15.6 Å². The van der Waals surface area contributed by atoms with Crippen LogP contribution in [0.5, 0.6) is 0 Å². The molecule has 0 radical (unpaired) electrons. The van der Waals surface area contributed by atoms with Crippen molar-refractivity contribution in [3.8, 4) is 0 Å². The van der Waals surface area contributed by atoms with E-state index in [2.05, 4.69) is 12.1 Å². The standard InChI is InChI=1S/C15H23NO2/c1-14(2,11-16)15(17)8-13(9-15)18-10-12-6-4-3-5-7-12/h3-7,13,17H,8-11,16H2,1-2H3. The molecule has 3 heteroatoms. The maximum absolute atomic E-state index is 10.4. The summed E-state index contributed by atoms with van der Waals surface area (Å²) in [7, 11) is 0. The summed E-state index contributed by atoms with van der Waals surface area (Å²) in [5.74, 6) is 0. The number of rotatable bonds is 5. The average Bonchev–Trinajstić information content (AvgIpc) is 2.34. The molecule has 3 N–H and O–H groups in total. The van der Waals surface area contributed by atoms with Gasteiger partial charge in [0.15, 0.2) is 0 Å². The van der Waals surface area contributed by atoms with Gasteiger partial charge in [-0.05, 0) is 5.56 Å². The van der Waals surface area contributed by atoms with E-state index in [4.69, 9.17) is 10.5 Å². The van der Waals surface area contributed by atoms with Crippen LogP contribution in [0.1, 0.15) is 32.3 Å². The van der Waals surface area contributed by atoms with Crippen LogP contribution in [0, 0.1) is 5.41 Å². The van der Waals surface area contributed by atoms with Crippen molar-refractivity contribution in [2.24, 2.45) is 11.1 Å². The maximum Gasteiger partial charge on any atom is 0.0759 e. The quantitative estimate of drug-likeness (QED) is 0.840. The van der Waals surface area contributed by atoms with Gasteiger partial charge in [-0.25, -0.2) is 0 Å². The predicted molar refractivity (Wildman–Crippen MR) is 72.0 cm³/mol. The molecule has 1 aromatic carbocycles. The van der Waals surface area contributed by atoms with Crippen molar-refractivity contribution in [2.75, 3.05) is 6.54 Å². The molecule has 1 aliphatic rings. The molecule has 0 heterocycles. The van der Waals surface area contributed by atoms with Gasteiger partial charge in [-0.2, -0.15) is 0 Å². The largest absolute Gasteiger partial charge is 0.389 e. The molecule has 1 fully saturated rings. The Morgan fingerprint density at radius 1 is 1.33 bits per heavy atom. The summed E-state index contributed by atoms with van der Waals surface area (Å²) in [6.07, 6.45) is 1.52. The molecule has 0 aliphatic heterocycles. The molecule has 100 valence electrons. The highest BCUT2D eigenvalue weighted by atomic mass is 16.5. The summed E-state index contributed by atoms with van der Waals surface area (Å²) in [5, 5.41) is 10.4. The Bertz CT molecular complexity index is 383. The molecule has 18 heavy (non-hydrogen) atoms. The number of benzene rings is 1. The van der Waals surface area contributed by atoms with Crippen LogP contribution in [-0.2, 0) is 11.3 Å². The van der Waals surface area contributed by atoms with E-state index >= 15 is 0 Å². The van der Waals surface area contributed by atoms with Crippen molar-refractivity contribution < 1.29 is 9.84 Å². The normalized spacial score (nSPS) is 27.9. The van der Waals surface area contributed by atoms with Crippen molar-refractivity contribution in [3.63, 3.8) is 0 Å². The fourth-order valence-corrected chi connectivity index (χ4v) is 2.34. The predicted octanol–water partition coefficient (Wildman–Crippen LogP) is 2.08. The van der Waals surface area contributed by atoms with Crippen LogP contribution in [0.3, 0.4) is 0 Å². The van der Waals surface area contributed by atoms with Crippen LogP contribution in [0.15, 0.2) is 30.3 Å². The van der Waals surface area contributed by atoms with Crippen molar-refractivity contribution in [1.82, 2.24) is 0 Å². The second kappa shape index (κ2) is 5.00. The summed E-state index contributed by atoms with van der Waals surface area (Å²) in [4.78, 5) is 0. The molecule has 0 atom stereocenters. The van der Waals surface area contributed by atoms with Crippen molar-refractivity contribution >= 4 is 0 Å². The van der Waals surface area contributed by atoms with Gasteiger partial charge in [0.25, 0.3) is 0 Å². The Labute approximate surface area is 109 Å². The molecule has 2 rings (SSSR count). The molecule has 1 aliphatic carbocycles. The average molecular weight is 249 g/mol.